The van der Waals surface area contributed by atoms with Gasteiger partial charge in [0.25, 0.3) is 5.91 Å². The number of pyridine rings is 2. The Kier molecular flexibility index (Phi) is 6.01. The number of para-hydroxylation sites is 1. The standard InChI is InChI=1S/C26H24N6O/c33-26(22-12-4-5-14-28-22)32-15-7-9-20(18-32)25-30-23(19-8-6-13-27-17-19)16-24(31-25)29-21-10-2-1-3-11-21/h1-6,8,10-14,16-17,20H,7,9,15,18H2,(H,29,30,31). The summed E-state index contributed by atoms with van der Waals surface area (Å²) >= 11 is 0. The number of hydrogen-bond acceptors (Lipinski definition) is 6. The second-order valence-electron chi connectivity index (χ2n) is 8.03. The lowest BCUT2D eigenvalue weighted by Gasteiger charge is -2.32. The van der Waals surface area contributed by atoms with Crippen LogP contribution in [0.4, 0.5) is 11.5 Å². The van der Waals surface area contributed by atoms with Crippen LogP contribution in [0.5, 0.6) is 0 Å². The van der Waals surface area contributed by atoms with Crippen molar-refractivity contribution in [1.82, 2.24) is 24.8 Å². The molecule has 4 heterocycles. The Morgan fingerprint density at radius 3 is 2.64 bits per heavy atom. The number of benzene rings is 1. The monoisotopic (exact) mass is 436 g/mol. The molecule has 0 bridgehead atoms. The molecule has 33 heavy (non-hydrogen) atoms. The van der Waals surface area contributed by atoms with Crippen LogP contribution in [-0.2, 0) is 0 Å². The van der Waals surface area contributed by atoms with Crippen LogP contribution < -0.4 is 5.32 Å². The van der Waals surface area contributed by atoms with Crippen molar-refractivity contribution >= 4 is 17.4 Å². The Balaban J connectivity index is 1.46. The molecule has 0 saturated carbocycles. The molecule has 0 radical (unpaired) electrons. The number of rotatable bonds is 5. The predicted molar refractivity (Wildman–Crippen MR) is 127 cm³/mol. The molecule has 164 valence electrons. The fourth-order valence-electron chi connectivity index (χ4n) is 4.07. The minimum atomic E-state index is -0.0497. The number of nitrogens with zero attached hydrogens (tertiary/aromatic N) is 5. The first kappa shape index (κ1) is 20.8. The number of anilines is 2. The van der Waals surface area contributed by atoms with Crippen LogP contribution in [0.2, 0.25) is 0 Å². The summed E-state index contributed by atoms with van der Waals surface area (Å²) in [4.78, 5) is 33.0. The van der Waals surface area contributed by atoms with Crippen molar-refractivity contribution in [2.24, 2.45) is 0 Å². The maximum absolute atomic E-state index is 13.0. The van der Waals surface area contributed by atoms with E-state index in [1.807, 2.05) is 65.6 Å². The maximum atomic E-state index is 13.0. The molecule has 1 aliphatic heterocycles. The van der Waals surface area contributed by atoms with Gasteiger partial charge in [0, 0.05) is 54.9 Å². The Hall–Kier alpha value is -4.13. The zero-order valence-electron chi connectivity index (χ0n) is 18.1. The van der Waals surface area contributed by atoms with E-state index in [0.717, 1.165) is 41.4 Å². The van der Waals surface area contributed by atoms with Gasteiger partial charge >= 0.3 is 0 Å². The second kappa shape index (κ2) is 9.56. The Labute approximate surface area is 192 Å². The van der Waals surface area contributed by atoms with Crippen LogP contribution in [-0.4, -0.2) is 43.8 Å². The van der Waals surface area contributed by atoms with Gasteiger partial charge in [-0.1, -0.05) is 24.3 Å². The molecule has 1 fully saturated rings. The van der Waals surface area contributed by atoms with Crippen LogP contribution in [0, 0.1) is 0 Å². The number of carbonyl (C=O) groups is 1. The first-order valence-electron chi connectivity index (χ1n) is 11.1. The van der Waals surface area contributed by atoms with E-state index in [1.54, 1.807) is 24.7 Å². The average molecular weight is 437 g/mol. The minimum absolute atomic E-state index is 0.0411. The van der Waals surface area contributed by atoms with Gasteiger partial charge in [-0.25, -0.2) is 9.97 Å². The van der Waals surface area contributed by atoms with E-state index in [9.17, 15) is 4.79 Å². The maximum Gasteiger partial charge on any atom is 0.272 e. The van der Waals surface area contributed by atoms with E-state index in [1.165, 1.54) is 0 Å². The lowest BCUT2D eigenvalue weighted by atomic mass is 9.96. The summed E-state index contributed by atoms with van der Waals surface area (Å²) in [6.45, 7) is 1.28. The normalized spacial score (nSPS) is 15.8. The van der Waals surface area contributed by atoms with Gasteiger partial charge in [0.2, 0.25) is 0 Å². The zero-order valence-corrected chi connectivity index (χ0v) is 18.1. The van der Waals surface area contributed by atoms with E-state index in [0.29, 0.717) is 18.8 Å². The molecule has 0 spiro atoms. The van der Waals surface area contributed by atoms with Crippen LogP contribution in [0.25, 0.3) is 11.3 Å². The van der Waals surface area contributed by atoms with Crippen molar-refractivity contribution in [3.8, 4) is 11.3 Å². The molecule has 1 N–H and O–H groups in total. The third-order valence-electron chi connectivity index (χ3n) is 5.70. The molecule has 1 saturated heterocycles. The SMILES string of the molecule is O=C(c1ccccn1)N1CCCC(c2nc(Nc3ccccc3)cc(-c3cccnc3)n2)C1. The Morgan fingerprint density at radius 2 is 1.85 bits per heavy atom. The smallest absolute Gasteiger partial charge is 0.272 e. The summed E-state index contributed by atoms with van der Waals surface area (Å²) in [5.74, 6) is 1.44. The van der Waals surface area contributed by atoms with E-state index < -0.39 is 0 Å². The van der Waals surface area contributed by atoms with Gasteiger partial charge in [0.1, 0.15) is 17.3 Å². The first-order chi connectivity index (χ1) is 16.3. The van der Waals surface area contributed by atoms with Gasteiger partial charge in [-0.15, -0.1) is 0 Å². The Morgan fingerprint density at radius 1 is 0.970 bits per heavy atom. The number of piperidine rings is 1. The van der Waals surface area contributed by atoms with Gasteiger partial charge in [-0.2, -0.15) is 0 Å². The van der Waals surface area contributed by atoms with Gasteiger partial charge in [-0.3, -0.25) is 14.8 Å². The van der Waals surface area contributed by atoms with Crippen molar-refractivity contribution in [3.63, 3.8) is 0 Å². The average Bonchev–Trinajstić information content (AvgIpc) is 2.90. The van der Waals surface area contributed by atoms with Gasteiger partial charge in [0.15, 0.2) is 0 Å². The number of amides is 1. The van der Waals surface area contributed by atoms with E-state index in [2.05, 4.69) is 15.3 Å². The van der Waals surface area contributed by atoms with Crippen molar-refractivity contribution in [2.45, 2.75) is 18.8 Å². The van der Waals surface area contributed by atoms with Crippen molar-refractivity contribution in [3.05, 3.63) is 96.8 Å². The third-order valence-corrected chi connectivity index (χ3v) is 5.70. The molecular weight excluding hydrogens is 412 g/mol. The largest absolute Gasteiger partial charge is 0.340 e. The van der Waals surface area contributed by atoms with Crippen LogP contribution in [0.1, 0.15) is 35.1 Å². The highest BCUT2D eigenvalue weighted by Gasteiger charge is 2.28. The lowest BCUT2D eigenvalue weighted by molar-refractivity contribution is 0.0698. The molecule has 1 atom stereocenters. The molecule has 7 heteroatoms. The molecule has 1 aliphatic rings. The Bertz CT molecular complexity index is 1220. The zero-order chi connectivity index (χ0) is 22.5. The topological polar surface area (TPSA) is 83.9 Å². The number of hydrogen-bond donors (Lipinski definition) is 1. The minimum Gasteiger partial charge on any atom is -0.340 e. The van der Waals surface area contributed by atoms with E-state index >= 15 is 0 Å². The molecule has 0 aliphatic carbocycles. The molecule has 4 aromatic rings. The summed E-state index contributed by atoms with van der Waals surface area (Å²) in [5, 5.41) is 3.39. The quantitative estimate of drug-likeness (QED) is 0.488. The molecule has 1 amide bonds. The molecular formula is C26H24N6O. The van der Waals surface area contributed by atoms with Crippen LogP contribution >= 0.6 is 0 Å². The highest BCUT2D eigenvalue weighted by Crippen LogP contribution is 2.29. The number of nitrogens with one attached hydrogen (secondary N) is 1. The molecule has 7 nitrogen and oxygen atoms in total. The summed E-state index contributed by atoms with van der Waals surface area (Å²) in [5.41, 5.74) is 3.15. The predicted octanol–water partition coefficient (Wildman–Crippen LogP) is 4.70. The lowest BCUT2D eigenvalue weighted by Crippen LogP contribution is -2.39. The van der Waals surface area contributed by atoms with Gasteiger partial charge < -0.3 is 10.2 Å². The van der Waals surface area contributed by atoms with Crippen molar-refractivity contribution in [1.29, 1.82) is 0 Å². The second-order valence-corrected chi connectivity index (χ2v) is 8.03. The molecule has 3 aromatic heterocycles. The highest BCUT2D eigenvalue weighted by atomic mass is 16.2. The fraction of sp³-hybridized carbons (Fsp3) is 0.192. The van der Waals surface area contributed by atoms with Crippen molar-refractivity contribution < 1.29 is 4.79 Å². The fourth-order valence-corrected chi connectivity index (χ4v) is 4.07. The van der Waals surface area contributed by atoms with Gasteiger partial charge in [-0.05, 0) is 49.2 Å². The van der Waals surface area contributed by atoms with E-state index in [4.69, 9.17) is 9.97 Å². The molecule has 1 aromatic carbocycles. The third kappa shape index (κ3) is 4.87. The van der Waals surface area contributed by atoms with Crippen LogP contribution in [0.15, 0.2) is 85.3 Å². The summed E-state index contributed by atoms with van der Waals surface area (Å²) in [6.07, 6.45) is 7.02. The molecule has 1 unspecified atom stereocenters. The highest BCUT2D eigenvalue weighted by molar-refractivity contribution is 5.92. The number of likely N-dealkylation sites (tertiary alicyclic amines) is 1. The van der Waals surface area contributed by atoms with E-state index in [-0.39, 0.29) is 11.8 Å². The summed E-state index contributed by atoms with van der Waals surface area (Å²) in [6, 6.07) is 21.2. The summed E-state index contributed by atoms with van der Waals surface area (Å²) in [7, 11) is 0. The first-order valence-corrected chi connectivity index (χ1v) is 11.1. The van der Waals surface area contributed by atoms with Crippen LogP contribution in [0.3, 0.4) is 0 Å². The van der Waals surface area contributed by atoms with Gasteiger partial charge in [0.05, 0.1) is 5.69 Å². The number of aromatic nitrogens is 4. The molecule has 5 rings (SSSR count). The van der Waals surface area contributed by atoms with Crippen molar-refractivity contribution in [2.75, 3.05) is 18.4 Å². The summed E-state index contributed by atoms with van der Waals surface area (Å²) < 4.78 is 0. The number of carbonyl (C=O) groups excluding carboxylic acids is 1.